The Hall–Kier alpha value is -2.41. The zero-order valence-corrected chi connectivity index (χ0v) is 16.3. The standard InChI is InChI=1S/C20H19ClN4OS/c1-13(14-5-3-2-4-6-14)24-11-17-18(22-12-24)25(20(27)23-19(17)26)16-9-7-15(21)8-10-16/h2-10,13,22H,11-12H2,1H3,(H,23,26,27). The molecule has 0 saturated heterocycles. The van der Waals surface area contributed by atoms with Crippen LogP contribution < -0.4 is 10.9 Å². The van der Waals surface area contributed by atoms with E-state index in [4.69, 9.17) is 23.8 Å². The number of anilines is 1. The van der Waals surface area contributed by atoms with E-state index in [0.717, 1.165) is 11.5 Å². The van der Waals surface area contributed by atoms with Crippen LogP contribution in [0.15, 0.2) is 59.4 Å². The maximum atomic E-state index is 12.6. The molecule has 0 amide bonds. The van der Waals surface area contributed by atoms with Crippen molar-refractivity contribution in [3.8, 4) is 5.69 Å². The molecule has 2 heterocycles. The van der Waals surface area contributed by atoms with Gasteiger partial charge in [-0.1, -0.05) is 41.9 Å². The number of halogens is 1. The first-order valence-corrected chi connectivity index (χ1v) is 9.50. The van der Waals surface area contributed by atoms with Gasteiger partial charge in [0.05, 0.1) is 12.2 Å². The summed E-state index contributed by atoms with van der Waals surface area (Å²) in [6.07, 6.45) is 0. The first kappa shape index (κ1) is 18.0. The van der Waals surface area contributed by atoms with Gasteiger partial charge in [-0.2, -0.15) is 0 Å². The fourth-order valence-corrected chi connectivity index (χ4v) is 3.81. The van der Waals surface area contributed by atoms with E-state index in [1.165, 1.54) is 5.56 Å². The fourth-order valence-electron chi connectivity index (χ4n) is 3.39. The van der Waals surface area contributed by atoms with Crippen LogP contribution in [0.25, 0.3) is 5.69 Å². The van der Waals surface area contributed by atoms with Gasteiger partial charge in [0.2, 0.25) is 0 Å². The van der Waals surface area contributed by atoms with E-state index in [-0.39, 0.29) is 11.6 Å². The molecule has 1 aromatic heterocycles. The van der Waals surface area contributed by atoms with Gasteiger partial charge in [-0.15, -0.1) is 0 Å². The molecule has 1 atom stereocenters. The molecule has 7 heteroatoms. The Morgan fingerprint density at radius 3 is 2.52 bits per heavy atom. The number of aromatic nitrogens is 2. The van der Waals surface area contributed by atoms with Gasteiger partial charge >= 0.3 is 0 Å². The molecule has 0 radical (unpaired) electrons. The van der Waals surface area contributed by atoms with Crippen molar-refractivity contribution in [2.75, 3.05) is 12.0 Å². The summed E-state index contributed by atoms with van der Waals surface area (Å²) in [6, 6.07) is 17.8. The van der Waals surface area contributed by atoms with Gasteiger partial charge in [0, 0.05) is 23.3 Å². The van der Waals surface area contributed by atoms with Crippen molar-refractivity contribution in [1.82, 2.24) is 14.5 Å². The van der Waals surface area contributed by atoms with Crippen molar-refractivity contribution in [2.45, 2.75) is 19.5 Å². The third-order valence-corrected chi connectivity index (χ3v) is 5.47. The van der Waals surface area contributed by atoms with Crippen LogP contribution in [0.5, 0.6) is 0 Å². The number of hydrogen-bond acceptors (Lipinski definition) is 4. The second-order valence-electron chi connectivity index (χ2n) is 6.57. The molecule has 3 aromatic rings. The van der Waals surface area contributed by atoms with E-state index in [0.29, 0.717) is 28.6 Å². The Morgan fingerprint density at radius 2 is 1.81 bits per heavy atom. The Morgan fingerprint density at radius 1 is 1.11 bits per heavy atom. The first-order valence-electron chi connectivity index (χ1n) is 8.71. The minimum Gasteiger partial charge on any atom is -0.358 e. The number of nitrogens with zero attached hydrogens (tertiary/aromatic N) is 2. The number of fused-ring (bicyclic) bond motifs is 1. The van der Waals surface area contributed by atoms with Crippen LogP contribution in [-0.2, 0) is 6.54 Å². The largest absolute Gasteiger partial charge is 0.358 e. The molecule has 0 saturated carbocycles. The van der Waals surface area contributed by atoms with Crippen LogP contribution in [0.3, 0.4) is 0 Å². The van der Waals surface area contributed by atoms with E-state index in [9.17, 15) is 4.79 Å². The maximum absolute atomic E-state index is 12.6. The normalized spacial score (nSPS) is 15.0. The number of benzene rings is 2. The van der Waals surface area contributed by atoms with E-state index in [1.54, 1.807) is 0 Å². The van der Waals surface area contributed by atoms with E-state index in [1.807, 2.05) is 47.0 Å². The molecular formula is C20H19ClN4OS. The van der Waals surface area contributed by atoms with Gasteiger partial charge in [0.1, 0.15) is 5.82 Å². The predicted octanol–water partition coefficient (Wildman–Crippen LogP) is 4.49. The molecule has 1 aliphatic heterocycles. The van der Waals surface area contributed by atoms with Crippen molar-refractivity contribution in [3.63, 3.8) is 0 Å². The molecule has 0 spiro atoms. The van der Waals surface area contributed by atoms with Crippen molar-refractivity contribution < 1.29 is 0 Å². The first-order chi connectivity index (χ1) is 13.0. The molecule has 2 aromatic carbocycles. The minimum atomic E-state index is -0.155. The van der Waals surface area contributed by atoms with Gasteiger partial charge in [-0.25, -0.2) is 0 Å². The zero-order chi connectivity index (χ0) is 19.0. The number of nitrogens with one attached hydrogen (secondary N) is 2. The molecular weight excluding hydrogens is 380 g/mol. The lowest BCUT2D eigenvalue weighted by Gasteiger charge is -2.35. The lowest BCUT2D eigenvalue weighted by atomic mass is 10.1. The van der Waals surface area contributed by atoms with E-state index < -0.39 is 0 Å². The molecule has 27 heavy (non-hydrogen) atoms. The summed E-state index contributed by atoms with van der Waals surface area (Å²) in [4.78, 5) is 17.6. The third-order valence-electron chi connectivity index (χ3n) is 4.93. The van der Waals surface area contributed by atoms with Crippen molar-refractivity contribution in [2.24, 2.45) is 0 Å². The van der Waals surface area contributed by atoms with Crippen molar-refractivity contribution in [3.05, 3.63) is 85.9 Å². The summed E-state index contributed by atoms with van der Waals surface area (Å²) in [7, 11) is 0. The molecule has 1 unspecified atom stereocenters. The summed E-state index contributed by atoms with van der Waals surface area (Å²) < 4.78 is 2.21. The van der Waals surface area contributed by atoms with Gasteiger partial charge < -0.3 is 5.32 Å². The topological polar surface area (TPSA) is 53.1 Å². The van der Waals surface area contributed by atoms with Crippen LogP contribution in [0.2, 0.25) is 5.02 Å². The number of aromatic amines is 1. The smallest absolute Gasteiger partial charge is 0.258 e. The molecule has 0 bridgehead atoms. The number of H-pyrrole nitrogens is 1. The molecule has 5 nitrogen and oxygen atoms in total. The van der Waals surface area contributed by atoms with Crippen LogP contribution in [0.4, 0.5) is 5.82 Å². The summed E-state index contributed by atoms with van der Waals surface area (Å²) >= 11 is 11.4. The highest BCUT2D eigenvalue weighted by molar-refractivity contribution is 7.71. The Kier molecular flexibility index (Phi) is 4.86. The predicted molar refractivity (Wildman–Crippen MR) is 111 cm³/mol. The second kappa shape index (κ2) is 7.31. The SMILES string of the molecule is CC(c1ccccc1)N1CNc2c(c(=O)[nH]c(=S)n2-c2ccc(Cl)cc2)C1. The molecule has 0 aliphatic carbocycles. The Balaban J connectivity index is 1.74. The fraction of sp³-hybridized carbons (Fsp3) is 0.200. The maximum Gasteiger partial charge on any atom is 0.258 e. The lowest BCUT2D eigenvalue weighted by molar-refractivity contribution is 0.207. The van der Waals surface area contributed by atoms with Crippen molar-refractivity contribution >= 4 is 29.6 Å². The highest BCUT2D eigenvalue weighted by atomic mass is 35.5. The average molecular weight is 399 g/mol. The van der Waals surface area contributed by atoms with Crippen LogP contribution in [0.1, 0.15) is 24.1 Å². The average Bonchev–Trinajstić information content (AvgIpc) is 2.69. The van der Waals surface area contributed by atoms with E-state index in [2.05, 4.69) is 34.3 Å². The van der Waals surface area contributed by atoms with Crippen LogP contribution in [0, 0.1) is 4.77 Å². The summed E-state index contributed by atoms with van der Waals surface area (Å²) in [5, 5.41) is 4.05. The molecule has 1 aliphatic rings. The molecule has 138 valence electrons. The van der Waals surface area contributed by atoms with Crippen LogP contribution >= 0.6 is 23.8 Å². The zero-order valence-electron chi connectivity index (χ0n) is 14.8. The molecule has 4 rings (SSSR count). The number of hydrogen-bond donors (Lipinski definition) is 2. The quantitative estimate of drug-likeness (QED) is 0.638. The van der Waals surface area contributed by atoms with Gasteiger partial charge in [0.25, 0.3) is 5.56 Å². The van der Waals surface area contributed by atoms with Crippen molar-refractivity contribution in [1.29, 1.82) is 0 Å². The summed E-state index contributed by atoms with van der Waals surface area (Å²) in [5.41, 5.74) is 2.59. The van der Waals surface area contributed by atoms with Gasteiger partial charge in [0.15, 0.2) is 4.77 Å². The molecule has 0 fully saturated rings. The Labute approximate surface area is 167 Å². The number of rotatable bonds is 3. The van der Waals surface area contributed by atoms with E-state index >= 15 is 0 Å². The monoisotopic (exact) mass is 398 g/mol. The Bertz CT molecular complexity index is 1080. The third kappa shape index (κ3) is 3.43. The highest BCUT2D eigenvalue weighted by Gasteiger charge is 2.26. The summed E-state index contributed by atoms with van der Waals surface area (Å²) in [5.74, 6) is 0.739. The van der Waals surface area contributed by atoms with Crippen LogP contribution in [-0.4, -0.2) is 21.1 Å². The highest BCUT2D eigenvalue weighted by Crippen LogP contribution is 2.29. The van der Waals surface area contributed by atoms with Gasteiger partial charge in [-0.3, -0.25) is 19.2 Å². The minimum absolute atomic E-state index is 0.155. The van der Waals surface area contributed by atoms with Gasteiger partial charge in [-0.05, 0) is 49.0 Å². The second-order valence-corrected chi connectivity index (χ2v) is 7.39. The lowest BCUT2D eigenvalue weighted by Crippen LogP contribution is -2.40. The molecule has 2 N–H and O–H groups in total. The summed E-state index contributed by atoms with van der Waals surface area (Å²) in [6.45, 7) is 3.30.